The van der Waals surface area contributed by atoms with E-state index in [-0.39, 0.29) is 5.56 Å². The van der Waals surface area contributed by atoms with E-state index in [9.17, 15) is 4.79 Å². The summed E-state index contributed by atoms with van der Waals surface area (Å²) in [4.78, 5) is 22.6. The lowest BCUT2D eigenvalue weighted by Crippen LogP contribution is -2.27. The highest BCUT2D eigenvalue weighted by Crippen LogP contribution is 2.34. The van der Waals surface area contributed by atoms with Gasteiger partial charge < -0.3 is 4.74 Å². The van der Waals surface area contributed by atoms with E-state index in [4.69, 9.17) is 9.72 Å². The van der Waals surface area contributed by atoms with Gasteiger partial charge in [0.1, 0.15) is 0 Å². The fraction of sp³-hybridized carbons (Fsp3) is 0.438. The second-order valence-electron chi connectivity index (χ2n) is 5.36. The Hall–Kier alpha value is -1.31. The Kier molecular flexibility index (Phi) is 5.40. The van der Waals surface area contributed by atoms with E-state index in [0.29, 0.717) is 24.2 Å². The number of ether oxygens (including phenoxy) is 1. The van der Waals surface area contributed by atoms with Gasteiger partial charge >= 0.3 is 0 Å². The highest BCUT2D eigenvalue weighted by molar-refractivity contribution is 8.00. The van der Waals surface area contributed by atoms with Crippen molar-refractivity contribution in [3.63, 3.8) is 0 Å². The summed E-state index contributed by atoms with van der Waals surface area (Å²) in [5.41, 5.74) is 1.97. The predicted octanol–water partition coefficient (Wildman–Crippen LogP) is 2.61. The number of nitrogens with zero attached hydrogens (tertiary/aromatic N) is 3. The zero-order chi connectivity index (χ0) is 16.2. The zero-order valence-electron chi connectivity index (χ0n) is 13.2. The van der Waals surface area contributed by atoms with Gasteiger partial charge in [-0.05, 0) is 12.1 Å². The number of thioether (sulfide) groups is 2. The van der Waals surface area contributed by atoms with Crippen LogP contribution >= 0.6 is 23.5 Å². The number of hydrogen-bond donors (Lipinski definition) is 0. The third kappa shape index (κ3) is 3.79. The molecular weight excluding hydrogens is 330 g/mol. The van der Waals surface area contributed by atoms with Crippen molar-refractivity contribution in [3.8, 4) is 0 Å². The summed E-state index contributed by atoms with van der Waals surface area (Å²) < 4.78 is 6.88. The maximum Gasteiger partial charge on any atom is 0.268 e. The molecule has 7 heteroatoms. The number of aromatic nitrogens is 3. The highest BCUT2D eigenvalue weighted by Gasteiger charge is 2.26. The van der Waals surface area contributed by atoms with Gasteiger partial charge in [0.05, 0.1) is 29.4 Å². The standard InChI is InChI=1S/C16H19N3O2S2/c1-11-9-13-14(23-11)15(20)19(7-8-21-2)16(18-13)22-10-12-5-3-4-6-17-12/h3-6,11H,7-10H2,1-2H3. The Labute approximate surface area is 143 Å². The van der Waals surface area contributed by atoms with Gasteiger partial charge in [0.15, 0.2) is 5.16 Å². The Morgan fingerprint density at radius 2 is 2.35 bits per heavy atom. The van der Waals surface area contributed by atoms with Crippen molar-refractivity contribution in [1.29, 1.82) is 0 Å². The largest absolute Gasteiger partial charge is 0.383 e. The lowest BCUT2D eigenvalue weighted by molar-refractivity contribution is 0.182. The van der Waals surface area contributed by atoms with Gasteiger partial charge in [0.25, 0.3) is 5.56 Å². The normalized spacial score (nSPS) is 16.5. The molecule has 122 valence electrons. The van der Waals surface area contributed by atoms with Crippen LogP contribution in [0.4, 0.5) is 0 Å². The predicted molar refractivity (Wildman–Crippen MR) is 93.2 cm³/mol. The second-order valence-corrected chi connectivity index (χ2v) is 7.75. The van der Waals surface area contributed by atoms with Gasteiger partial charge in [0.2, 0.25) is 0 Å². The van der Waals surface area contributed by atoms with Gasteiger partial charge in [-0.25, -0.2) is 4.98 Å². The van der Waals surface area contributed by atoms with Crippen LogP contribution in [0.15, 0.2) is 39.2 Å². The molecular formula is C16H19N3O2S2. The molecule has 1 aliphatic rings. The van der Waals surface area contributed by atoms with Gasteiger partial charge in [-0.3, -0.25) is 14.3 Å². The first-order valence-electron chi connectivity index (χ1n) is 7.51. The lowest BCUT2D eigenvalue weighted by atomic mass is 10.2. The van der Waals surface area contributed by atoms with Crippen LogP contribution in [0.3, 0.4) is 0 Å². The van der Waals surface area contributed by atoms with E-state index >= 15 is 0 Å². The minimum atomic E-state index is 0.0601. The monoisotopic (exact) mass is 349 g/mol. The average molecular weight is 349 g/mol. The Morgan fingerprint density at radius 1 is 1.48 bits per heavy atom. The van der Waals surface area contributed by atoms with Crippen molar-refractivity contribution in [2.24, 2.45) is 0 Å². The third-order valence-electron chi connectivity index (χ3n) is 3.56. The van der Waals surface area contributed by atoms with Crippen molar-refractivity contribution >= 4 is 23.5 Å². The smallest absolute Gasteiger partial charge is 0.268 e. The number of hydrogen-bond acceptors (Lipinski definition) is 6. The van der Waals surface area contributed by atoms with Crippen LogP contribution in [-0.4, -0.2) is 33.5 Å². The molecule has 3 heterocycles. The molecule has 1 atom stereocenters. The van der Waals surface area contributed by atoms with Crippen LogP contribution in [-0.2, 0) is 23.5 Å². The van der Waals surface area contributed by atoms with E-state index in [2.05, 4.69) is 11.9 Å². The molecule has 5 nitrogen and oxygen atoms in total. The molecule has 0 N–H and O–H groups in total. The van der Waals surface area contributed by atoms with E-state index in [0.717, 1.165) is 27.9 Å². The van der Waals surface area contributed by atoms with Gasteiger partial charge in [0, 0.05) is 30.7 Å². The number of methoxy groups -OCH3 is 1. The summed E-state index contributed by atoms with van der Waals surface area (Å²) in [5.74, 6) is 0.696. The van der Waals surface area contributed by atoms with Crippen LogP contribution < -0.4 is 5.56 Å². The summed E-state index contributed by atoms with van der Waals surface area (Å²) in [7, 11) is 1.64. The molecule has 23 heavy (non-hydrogen) atoms. The topological polar surface area (TPSA) is 57.0 Å². The van der Waals surface area contributed by atoms with Crippen LogP contribution in [0.25, 0.3) is 0 Å². The Bertz CT molecular complexity index is 734. The number of pyridine rings is 1. The van der Waals surface area contributed by atoms with Gasteiger partial charge in [-0.2, -0.15) is 0 Å². The molecule has 2 aromatic heterocycles. The summed E-state index contributed by atoms with van der Waals surface area (Å²) in [6, 6.07) is 5.85. The van der Waals surface area contributed by atoms with Crippen molar-refractivity contribution in [2.75, 3.05) is 13.7 Å². The lowest BCUT2D eigenvalue weighted by Gasteiger charge is -2.13. The number of fused-ring (bicyclic) bond motifs is 1. The SMILES string of the molecule is COCCn1c(SCc2ccccn2)nc2c(c1=O)SC(C)C2. The van der Waals surface area contributed by atoms with Crippen LogP contribution in [0.2, 0.25) is 0 Å². The minimum absolute atomic E-state index is 0.0601. The maximum absolute atomic E-state index is 12.8. The molecule has 3 rings (SSSR count). The molecule has 2 aromatic rings. The molecule has 0 aliphatic carbocycles. The quantitative estimate of drug-likeness (QED) is 0.590. The Balaban J connectivity index is 1.89. The van der Waals surface area contributed by atoms with E-state index in [1.54, 1.807) is 41.4 Å². The average Bonchev–Trinajstić information content (AvgIpc) is 2.94. The highest BCUT2D eigenvalue weighted by atomic mass is 32.2. The van der Waals surface area contributed by atoms with Crippen molar-refractivity contribution in [2.45, 2.75) is 40.9 Å². The van der Waals surface area contributed by atoms with Gasteiger partial charge in [-0.1, -0.05) is 24.8 Å². The Morgan fingerprint density at radius 3 is 3.09 bits per heavy atom. The summed E-state index contributed by atoms with van der Waals surface area (Å²) >= 11 is 3.19. The first-order chi connectivity index (χ1) is 11.2. The summed E-state index contributed by atoms with van der Waals surface area (Å²) in [6.07, 6.45) is 2.64. The zero-order valence-corrected chi connectivity index (χ0v) is 14.8. The molecule has 0 saturated carbocycles. The molecule has 0 fully saturated rings. The molecule has 0 radical (unpaired) electrons. The third-order valence-corrected chi connectivity index (χ3v) is 5.78. The van der Waals surface area contributed by atoms with Gasteiger partial charge in [-0.15, -0.1) is 11.8 Å². The van der Waals surface area contributed by atoms with E-state index in [1.165, 1.54) is 0 Å². The first kappa shape index (κ1) is 16.5. The molecule has 0 saturated heterocycles. The maximum atomic E-state index is 12.8. The van der Waals surface area contributed by atoms with E-state index in [1.807, 2.05) is 18.2 Å². The molecule has 0 spiro atoms. The van der Waals surface area contributed by atoms with Crippen LogP contribution in [0.1, 0.15) is 18.3 Å². The summed E-state index contributed by atoms with van der Waals surface area (Å²) in [6.45, 7) is 3.15. The van der Waals surface area contributed by atoms with Crippen LogP contribution in [0, 0.1) is 0 Å². The molecule has 1 unspecified atom stereocenters. The van der Waals surface area contributed by atoms with Crippen LogP contribution in [0.5, 0.6) is 0 Å². The molecule has 1 aliphatic heterocycles. The van der Waals surface area contributed by atoms with E-state index < -0.39 is 0 Å². The minimum Gasteiger partial charge on any atom is -0.383 e. The van der Waals surface area contributed by atoms with Crippen molar-refractivity contribution in [1.82, 2.24) is 14.5 Å². The fourth-order valence-electron chi connectivity index (χ4n) is 2.44. The molecule has 0 aromatic carbocycles. The van der Waals surface area contributed by atoms with Crippen molar-refractivity contribution < 1.29 is 4.74 Å². The molecule has 0 amide bonds. The molecule has 0 bridgehead atoms. The fourth-order valence-corrected chi connectivity index (χ4v) is 4.52. The second kappa shape index (κ2) is 7.51. The summed E-state index contributed by atoms with van der Waals surface area (Å²) in [5, 5.41) is 1.17. The number of rotatable bonds is 6. The van der Waals surface area contributed by atoms with Crippen molar-refractivity contribution in [3.05, 3.63) is 46.1 Å². The first-order valence-corrected chi connectivity index (χ1v) is 9.37.